The molecule has 0 aliphatic carbocycles. The number of benzene rings is 1. The van der Waals surface area contributed by atoms with Crippen LogP contribution in [0, 0.1) is 6.92 Å². The van der Waals surface area contributed by atoms with Crippen LogP contribution in [-0.4, -0.2) is 40.4 Å². The number of hydrogen-bond acceptors (Lipinski definition) is 5. The van der Waals surface area contributed by atoms with Gasteiger partial charge in [0.05, 0.1) is 11.3 Å². The topological polar surface area (TPSA) is 84.0 Å². The smallest absolute Gasteiger partial charge is 0.329 e. The number of aromatic nitrogens is 2. The second kappa shape index (κ2) is 7.47. The summed E-state index contributed by atoms with van der Waals surface area (Å²) in [5.74, 6) is -0.362. The molecule has 0 atom stereocenters. The highest BCUT2D eigenvalue weighted by atomic mass is 32.2. The summed E-state index contributed by atoms with van der Waals surface area (Å²) >= 11 is 1.07. The molecule has 6 nitrogen and oxygen atoms in total. The molecule has 1 heterocycles. The van der Waals surface area contributed by atoms with E-state index in [9.17, 15) is 22.8 Å². The summed E-state index contributed by atoms with van der Waals surface area (Å²) in [4.78, 5) is 31.4. The number of urea groups is 1. The summed E-state index contributed by atoms with van der Waals surface area (Å²) in [6, 6.07) is 6.03. The molecule has 0 spiro atoms. The van der Waals surface area contributed by atoms with E-state index < -0.39 is 24.7 Å². The molecule has 2 N–H and O–H groups in total. The van der Waals surface area contributed by atoms with Gasteiger partial charge < -0.3 is 5.32 Å². The molecule has 0 radical (unpaired) electrons. The van der Waals surface area contributed by atoms with Gasteiger partial charge in [0.15, 0.2) is 0 Å². The molecule has 24 heavy (non-hydrogen) atoms. The van der Waals surface area contributed by atoms with E-state index in [1.54, 1.807) is 30.4 Å². The number of carbonyl (C=O) groups excluding carboxylic acids is 2. The quantitative estimate of drug-likeness (QED) is 0.648. The zero-order valence-corrected chi connectivity index (χ0v) is 13.3. The normalized spacial score (nSPS) is 11.3. The summed E-state index contributed by atoms with van der Waals surface area (Å²) in [6.07, 6.45) is -4.54. The Morgan fingerprint density at radius 1 is 1.21 bits per heavy atom. The van der Waals surface area contributed by atoms with Crippen LogP contribution in [0.3, 0.4) is 0 Å². The van der Waals surface area contributed by atoms with Gasteiger partial charge in [-0.05, 0) is 13.0 Å². The van der Waals surface area contributed by atoms with E-state index in [0.29, 0.717) is 10.9 Å². The Hall–Kier alpha value is -2.36. The van der Waals surface area contributed by atoms with Crippen LogP contribution in [0.1, 0.15) is 5.82 Å². The highest BCUT2D eigenvalue weighted by Gasteiger charge is 2.27. The first-order valence-electron chi connectivity index (χ1n) is 6.75. The maximum absolute atomic E-state index is 12.0. The average Bonchev–Trinajstić information content (AvgIpc) is 2.50. The minimum atomic E-state index is -4.54. The second-order valence-electron chi connectivity index (χ2n) is 4.73. The fourth-order valence-electron chi connectivity index (χ4n) is 1.79. The molecule has 0 fully saturated rings. The number of carbonyl (C=O) groups is 2. The number of hydrogen-bond donors (Lipinski definition) is 2. The van der Waals surface area contributed by atoms with Crippen molar-refractivity contribution in [2.24, 2.45) is 0 Å². The molecular formula is C14H13F3N4O2S. The largest absolute Gasteiger partial charge is 0.405 e. The third-order valence-corrected chi connectivity index (χ3v) is 3.71. The fraction of sp³-hybridized carbons (Fsp3) is 0.286. The molecule has 0 aliphatic rings. The molecule has 0 unspecified atom stereocenters. The Labute approximate surface area is 139 Å². The van der Waals surface area contributed by atoms with Gasteiger partial charge in [0.25, 0.3) is 0 Å². The van der Waals surface area contributed by atoms with Gasteiger partial charge in [-0.15, -0.1) is 0 Å². The number of rotatable bonds is 4. The lowest BCUT2D eigenvalue weighted by molar-refractivity contribution is -0.124. The lowest BCUT2D eigenvalue weighted by atomic mass is 10.2. The molecular weight excluding hydrogens is 345 g/mol. The van der Waals surface area contributed by atoms with Crippen molar-refractivity contribution in [3.05, 3.63) is 30.1 Å². The second-order valence-corrected chi connectivity index (χ2v) is 5.69. The Bertz CT molecular complexity index is 767. The van der Waals surface area contributed by atoms with Crippen LogP contribution in [0.5, 0.6) is 0 Å². The van der Waals surface area contributed by atoms with Crippen molar-refractivity contribution in [1.82, 2.24) is 20.6 Å². The predicted octanol–water partition coefficient (Wildman–Crippen LogP) is 2.42. The van der Waals surface area contributed by atoms with Crippen molar-refractivity contribution >= 4 is 34.6 Å². The number of fused-ring (bicyclic) bond motifs is 1. The molecule has 0 aliphatic heterocycles. The molecule has 2 aromatic rings. The summed E-state index contributed by atoms with van der Waals surface area (Å²) in [7, 11) is 0. The van der Waals surface area contributed by atoms with Gasteiger partial charge in [-0.25, -0.2) is 14.8 Å². The van der Waals surface area contributed by atoms with Crippen molar-refractivity contribution in [3.63, 3.8) is 0 Å². The molecule has 10 heteroatoms. The number of aryl methyl sites for hydroxylation is 1. The van der Waals surface area contributed by atoms with Gasteiger partial charge in [-0.3, -0.25) is 10.1 Å². The Morgan fingerprint density at radius 3 is 2.62 bits per heavy atom. The zero-order chi connectivity index (χ0) is 17.7. The molecule has 1 aromatic heterocycles. The monoisotopic (exact) mass is 358 g/mol. The van der Waals surface area contributed by atoms with Gasteiger partial charge >= 0.3 is 12.2 Å². The standard InChI is InChI=1S/C14H13F3N4O2S/c1-8-19-10-5-3-2-4-9(10)12(20-8)24-6-11(22)21-13(23)18-7-14(15,16)17/h2-5H,6-7H2,1H3,(H2,18,21,22,23). The molecule has 0 bridgehead atoms. The minimum absolute atomic E-state index is 0.167. The van der Waals surface area contributed by atoms with Crippen molar-refractivity contribution in [1.29, 1.82) is 0 Å². The van der Waals surface area contributed by atoms with Crippen LogP contribution in [-0.2, 0) is 4.79 Å². The van der Waals surface area contributed by atoms with Gasteiger partial charge in [0.2, 0.25) is 5.91 Å². The fourth-order valence-corrected chi connectivity index (χ4v) is 2.65. The highest BCUT2D eigenvalue weighted by Crippen LogP contribution is 2.24. The lowest BCUT2D eigenvalue weighted by Crippen LogP contribution is -2.43. The van der Waals surface area contributed by atoms with E-state index in [1.807, 2.05) is 11.4 Å². The van der Waals surface area contributed by atoms with Gasteiger partial charge in [-0.2, -0.15) is 13.2 Å². The molecule has 0 saturated carbocycles. The SMILES string of the molecule is Cc1nc(SCC(=O)NC(=O)NCC(F)(F)F)c2ccccc2n1. The maximum atomic E-state index is 12.0. The van der Waals surface area contributed by atoms with E-state index in [-0.39, 0.29) is 5.75 Å². The van der Waals surface area contributed by atoms with Crippen LogP contribution in [0.4, 0.5) is 18.0 Å². The van der Waals surface area contributed by atoms with Crippen LogP contribution in [0.25, 0.3) is 10.9 Å². The van der Waals surface area contributed by atoms with Crippen LogP contribution < -0.4 is 10.6 Å². The predicted molar refractivity (Wildman–Crippen MR) is 82.6 cm³/mol. The van der Waals surface area contributed by atoms with Gasteiger partial charge in [0.1, 0.15) is 17.4 Å². The highest BCUT2D eigenvalue weighted by molar-refractivity contribution is 8.00. The maximum Gasteiger partial charge on any atom is 0.405 e. The van der Waals surface area contributed by atoms with Crippen LogP contribution >= 0.6 is 11.8 Å². The number of para-hydroxylation sites is 1. The number of alkyl halides is 3. The molecule has 1 aromatic carbocycles. The lowest BCUT2D eigenvalue weighted by Gasteiger charge is -2.09. The van der Waals surface area contributed by atoms with E-state index in [2.05, 4.69) is 9.97 Å². The Morgan fingerprint density at radius 2 is 1.92 bits per heavy atom. The molecule has 128 valence electrons. The third kappa shape index (κ3) is 5.37. The summed E-state index contributed by atoms with van der Waals surface area (Å²) in [5, 5.41) is 4.70. The first kappa shape index (κ1) is 18.0. The van der Waals surface area contributed by atoms with Crippen LogP contribution in [0.15, 0.2) is 29.3 Å². The van der Waals surface area contributed by atoms with E-state index in [1.165, 1.54) is 0 Å². The molecule has 2 rings (SSSR count). The number of halogens is 3. The molecule has 0 saturated heterocycles. The van der Waals surface area contributed by atoms with Crippen LogP contribution in [0.2, 0.25) is 0 Å². The van der Waals surface area contributed by atoms with Gasteiger partial charge in [0, 0.05) is 5.39 Å². The average molecular weight is 358 g/mol. The summed E-state index contributed by atoms with van der Waals surface area (Å²) in [6.45, 7) is 0.205. The van der Waals surface area contributed by atoms with Crippen molar-refractivity contribution in [2.75, 3.05) is 12.3 Å². The Balaban J connectivity index is 1.94. The summed E-state index contributed by atoms with van der Waals surface area (Å²) in [5.41, 5.74) is 0.718. The van der Waals surface area contributed by atoms with Crippen molar-refractivity contribution in [3.8, 4) is 0 Å². The van der Waals surface area contributed by atoms with E-state index in [0.717, 1.165) is 22.7 Å². The first-order valence-corrected chi connectivity index (χ1v) is 7.74. The minimum Gasteiger partial charge on any atom is -0.329 e. The molecule has 3 amide bonds. The third-order valence-electron chi connectivity index (χ3n) is 2.72. The number of thioether (sulfide) groups is 1. The summed E-state index contributed by atoms with van der Waals surface area (Å²) < 4.78 is 35.9. The van der Waals surface area contributed by atoms with Crippen molar-refractivity contribution in [2.45, 2.75) is 18.1 Å². The Kier molecular flexibility index (Phi) is 5.60. The number of imide groups is 1. The van der Waals surface area contributed by atoms with E-state index in [4.69, 9.17) is 0 Å². The zero-order valence-electron chi connectivity index (χ0n) is 12.5. The van der Waals surface area contributed by atoms with Gasteiger partial charge in [-0.1, -0.05) is 30.0 Å². The first-order chi connectivity index (χ1) is 11.2. The van der Waals surface area contributed by atoms with E-state index >= 15 is 0 Å². The number of nitrogens with one attached hydrogen (secondary N) is 2. The number of nitrogens with zero attached hydrogens (tertiary/aromatic N) is 2. The van der Waals surface area contributed by atoms with Crippen molar-refractivity contribution < 1.29 is 22.8 Å². The number of amides is 3.